The van der Waals surface area contributed by atoms with Crippen molar-refractivity contribution in [2.75, 3.05) is 5.88 Å². The number of aryl methyl sites for hydroxylation is 1. The van der Waals surface area contributed by atoms with Gasteiger partial charge in [-0.1, -0.05) is 24.6 Å². The number of hydrogen-bond acceptors (Lipinski definition) is 1. The number of halogens is 1. The highest BCUT2D eigenvalue weighted by molar-refractivity contribution is 6.17. The molecule has 2 nitrogen and oxygen atoms in total. The Balaban J connectivity index is 2.02. The second kappa shape index (κ2) is 5.17. The van der Waals surface area contributed by atoms with Crippen LogP contribution in [0.1, 0.15) is 19.3 Å². The summed E-state index contributed by atoms with van der Waals surface area (Å²) < 4.78 is 2.07. The van der Waals surface area contributed by atoms with Gasteiger partial charge in [0.1, 0.15) is 0 Å². The standard InChI is InChI=1S/C12H15ClN2/c13-8-4-1-5-9-15-12-7-3-2-6-11(12)10-14-15/h2-3,6-7,10H,1,4-5,8-9H2. The molecule has 0 fully saturated rings. The average Bonchev–Trinajstić information content (AvgIpc) is 2.68. The molecule has 2 aromatic rings. The van der Waals surface area contributed by atoms with Crippen LogP contribution < -0.4 is 0 Å². The predicted molar refractivity (Wildman–Crippen MR) is 64.3 cm³/mol. The monoisotopic (exact) mass is 222 g/mol. The summed E-state index contributed by atoms with van der Waals surface area (Å²) in [5, 5.41) is 5.59. The highest BCUT2D eigenvalue weighted by Crippen LogP contribution is 2.13. The molecule has 0 unspecified atom stereocenters. The third-order valence-electron chi connectivity index (χ3n) is 2.55. The Morgan fingerprint density at radius 1 is 1.13 bits per heavy atom. The lowest BCUT2D eigenvalue weighted by Gasteiger charge is -2.02. The number of fused-ring (bicyclic) bond motifs is 1. The van der Waals surface area contributed by atoms with Gasteiger partial charge in [0.05, 0.1) is 11.7 Å². The Kier molecular flexibility index (Phi) is 3.62. The van der Waals surface area contributed by atoms with Crippen LogP contribution in [0.3, 0.4) is 0 Å². The van der Waals surface area contributed by atoms with Gasteiger partial charge >= 0.3 is 0 Å². The minimum absolute atomic E-state index is 0.764. The zero-order valence-electron chi connectivity index (χ0n) is 8.69. The first-order valence-corrected chi connectivity index (χ1v) is 5.92. The van der Waals surface area contributed by atoms with Gasteiger partial charge in [0.2, 0.25) is 0 Å². The summed E-state index contributed by atoms with van der Waals surface area (Å²) in [4.78, 5) is 0. The van der Waals surface area contributed by atoms with Crippen molar-refractivity contribution >= 4 is 22.5 Å². The molecule has 0 saturated carbocycles. The maximum Gasteiger partial charge on any atom is 0.0682 e. The van der Waals surface area contributed by atoms with Crippen molar-refractivity contribution in [3.8, 4) is 0 Å². The summed E-state index contributed by atoms with van der Waals surface area (Å²) in [6.45, 7) is 0.990. The Labute approximate surface area is 94.8 Å². The molecule has 0 aliphatic heterocycles. The first-order chi connectivity index (χ1) is 7.42. The molecule has 1 aromatic carbocycles. The lowest BCUT2D eigenvalue weighted by atomic mass is 10.2. The summed E-state index contributed by atoms with van der Waals surface area (Å²) in [6.07, 6.45) is 5.35. The van der Waals surface area contributed by atoms with E-state index in [0.717, 1.165) is 25.3 Å². The summed E-state index contributed by atoms with van der Waals surface area (Å²) in [5.41, 5.74) is 1.23. The second-order valence-electron chi connectivity index (χ2n) is 3.68. The maximum atomic E-state index is 5.63. The highest BCUT2D eigenvalue weighted by Gasteiger charge is 2.00. The molecule has 0 spiro atoms. The third-order valence-corrected chi connectivity index (χ3v) is 2.82. The van der Waals surface area contributed by atoms with Crippen molar-refractivity contribution in [3.63, 3.8) is 0 Å². The van der Waals surface area contributed by atoms with Crippen LogP contribution in [-0.4, -0.2) is 15.7 Å². The number of nitrogens with zero attached hydrogens (tertiary/aromatic N) is 2. The largest absolute Gasteiger partial charge is 0.265 e. The van der Waals surface area contributed by atoms with Crippen molar-refractivity contribution in [3.05, 3.63) is 30.5 Å². The van der Waals surface area contributed by atoms with Crippen LogP contribution in [0, 0.1) is 0 Å². The smallest absolute Gasteiger partial charge is 0.0682 e. The lowest BCUT2D eigenvalue weighted by Crippen LogP contribution is -1.99. The number of unbranched alkanes of at least 4 members (excludes halogenated alkanes) is 2. The van der Waals surface area contributed by atoms with E-state index in [1.165, 1.54) is 17.3 Å². The Bertz CT molecular complexity index is 422. The minimum atomic E-state index is 0.764. The molecule has 0 N–H and O–H groups in total. The molecule has 0 aliphatic rings. The molecular formula is C12H15ClN2. The molecule has 0 atom stereocenters. The van der Waals surface area contributed by atoms with Crippen molar-refractivity contribution in [2.45, 2.75) is 25.8 Å². The summed E-state index contributed by atoms with van der Waals surface area (Å²) in [6, 6.07) is 8.31. The van der Waals surface area contributed by atoms with E-state index in [1.807, 2.05) is 12.3 Å². The normalized spacial score (nSPS) is 11.0. The zero-order chi connectivity index (χ0) is 10.5. The van der Waals surface area contributed by atoms with E-state index in [0.29, 0.717) is 0 Å². The number of alkyl halides is 1. The van der Waals surface area contributed by atoms with Gasteiger partial charge in [0.25, 0.3) is 0 Å². The minimum Gasteiger partial charge on any atom is -0.265 e. The number of rotatable bonds is 5. The molecule has 80 valence electrons. The van der Waals surface area contributed by atoms with Crippen molar-refractivity contribution < 1.29 is 0 Å². The first kappa shape index (κ1) is 10.5. The zero-order valence-corrected chi connectivity index (χ0v) is 9.45. The van der Waals surface area contributed by atoms with E-state index in [1.54, 1.807) is 0 Å². The third kappa shape index (κ3) is 2.51. The molecule has 0 saturated heterocycles. The van der Waals surface area contributed by atoms with E-state index in [9.17, 15) is 0 Å². The van der Waals surface area contributed by atoms with Gasteiger partial charge < -0.3 is 0 Å². The Morgan fingerprint density at radius 2 is 2.00 bits per heavy atom. The fourth-order valence-electron chi connectivity index (χ4n) is 1.74. The van der Waals surface area contributed by atoms with Crippen LogP contribution >= 0.6 is 11.6 Å². The van der Waals surface area contributed by atoms with E-state index in [-0.39, 0.29) is 0 Å². The van der Waals surface area contributed by atoms with E-state index < -0.39 is 0 Å². The quantitative estimate of drug-likeness (QED) is 0.560. The molecule has 15 heavy (non-hydrogen) atoms. The molecular weight excluding hydrogens is 208 g/mol. The second-order valence-corrected chi connectivity index (χ2v) is 4.05. The summed E-state index contributed by atoms with van der Waals surface area (Å²) in [5.74, 6) is 0.764. The molecule has 3 heteroatoms. The van der Waals surface area contributed by atoms with Crippen LogP contribution in [0.25, 0.3) is 10.9 Å². The van der Waals surface area contributed by atoms with Crippen molar-refractivity contribution in [1.29, 1.82) is 0 Å². The maximum absolute atomic E-state index is 5.63. The molecule has 0 amide bonds. The molecule has 1 heterocycles. The number of hydrogen-bond donors (Lipinski definition) is 0. The first-order valence-electron chi connectivity index (χ1n) is 5.38. The van der Waals surface area contributed by atoms with Crippen LogP contribution in [0.5, 0.6) is 0 Å². The van der Waals surface area contributed by atoms with Crippen molar-refractivity contribution in [2.24, 2.45) is 0 Å². The molecule has 1 aromatic heterocycles. The van der Waals surface area contributed by atoms with Gasteiger partial charge in [-0.15, -0.1) is 11.6 Å². The van der Waals surface area contributed by atoms with E-state index >= 15 is 0 Å². The van der Waals surface area contributed by atoms with Crippen LogP contribution in [0.2, 0.25) is 0 Å². The SMILES string of the molecule is ClCCCCCn1ncc2ccccc21. The number of aromatic nitrogens is 2. The fraction of sp³-hybridized carbons (Fsp3) is 0.417. The van der Waals surface area contributed by atoms with Gasteiger partial charge in [-0.25, -0.2) is 0 Å². The summed E-state index contributed by atoms with van der Waals surface area (Å²) >= 11 is 5.63. The lowest BCUT2D eigenvalue weighted by molar-refractivity contribution is 0.568. The highest BCUT2D eigenvalue weighted by atomic mass is 35.5. The van der Waals surface area contributed by atoms with E-state index in [2.05, 4.69) is 28.0 Å². The van der Waals surface area contributed by atoms with Crippen LogP contribution in [0.15, 0.2) is 30.5 Å². The van der Waals surface area contributed by atoms with Crippen molar-refractivity contribution in [1.82, 2.24) is 9.78 Å². The van der Waals surface area contributed by atoms with Gasteiger partial charge in [-0.3, -0.25) is 4.68 Å². The molecule has 0 aliphatic carbocycles. The topological polar surface area (TPSA) is 17.8 Å². The number of benzene rings is 1. The van der Waals surface area contributed by atoms with E-state index in [4.69, 9.17) is 11.6 Å². The molecule has 2 rings (SSSR count). The Morgan fingerprint density at radius 3 is 2.87 bits per heavy atom. The van der Waals surface area contributed by atoms with Gasteiger partial charge in [-0.05, 0) is 18.9 Å². The average molecular weight is 223 g/mol. The van der Waals surface area contributed by atoms with Crippen LogP contribution in [-0.2, 0) is 6.54 Å². The number of para-hydroxylation sites is 1. The molecule has 0 bridgehead atoms. The predicted octanol–water partition coefficient (Wildman–Crippen LogP) is 3.45. The summed E-state index contributed by atoms with van der Waals surface area (Å²) in [7, 11) is 0. The van der Waals surface area contributed by atoms with Crippen LogP contribution in [0.4, 0.5) is 0 Å². The van der Waals surface area contributed by atoms with Gasteiger partial charge in [0.15, 0.2) is 0 Å². The molecule has 0 radical (unpaired) electrons. The fourth-order valence-corrected chi connectivity index (χ4v) is 1.93. The van der Waals surface area contributed by atoms with Gasteiger partial charge in [0, 0.05) is 17.8 Å². The van der Waals surface area contributed by atoms with Gasteiger partial charge in [-0.2, -0.15) is 5.10 Å². The Hall–Kier alpha value is -1.02.